The number of carboxylic acid groups (broad SMARTS) is 1. The lowest BCUT2D eigenvalue weighted by atomic mass is 9.99. The van der Waals surface area contributed by atoms with E-state index in [1.165, 1.54) is 18.7 Å². The maximum Gasteiger partial charge on any atom is 0.326 e. The number of nitrogens with two attached hydrogens (primary N) is 1. The summed E-state index contributed by atoms with van der Waals surface area (Å²) in [6.07, 6.45) is 2.80. The van der Waals surface area contributed by atoms with Crippen molar-refractivity contribution in [3.8, 4) is 0 Å². The molecule has 0 aromatic rings. The third-order valence-electron chi connectivity index (χ3n) is 4.31. The Bertz CT molecular complexity index is 550. The van der Waals surface area contributed by atoms with E-state index >= 15 is 0 Å². The molecular formula is C17H32N4O5S2. The van der Waals surface area contributed by atoms with Crippen LogP contribution in [0.3, 0.4) is 0 Å². The first-order valence-corrected chi connectivity index (χ1v) is 11.1. The molecule has 11 heteroatoms. The van der Waals surface area contributed by atoms with Crippen molar-refractivity contribution in [2.75, 3.05) is 17.8 Å². The lowest BCUT2D eigenvalue weighted by Gasteiger charge is -2.24. The summed E-state index contributed by atoms with van der Waals surface area (Å²) in [5, 5.41) is 16.8. The van der Waals surface area contributed by atoms with Crippen molar-refractivity contribution in [2.45, 2.75) is 57.8 Å². The van der Waals surface area contributed by atoms with Gasteiger partial charge in [0.25, 0.3) is 0 Å². The molecule has 0 bridgehead atoms. The van der Waals surface area contributed by atoms with E-state index < -0.39 is 47.9 Å². The van der Waals surface area contributed by atoms with E-state index in [1.54, 1.807) is 6.92 Å². The zero-order valence-electron chi connectivity index (χ0n) is 16.7. The summed E-state index contributed by atoms with van der Waals surface area (Å²) < 4.78 is 0. The molecule has 0 aromatic carbocycles. The second-order valence-electron chi connectivity index (χ2n) is 6.57. The normalized spacial score (nSPS) is 16.2. The highest BCUT2D eigenvalue weighted by Crippen LogP contribution is 2.08. The minimum atomic E-state index is -1.13. The molecule has 0 spiro atoms. The first-order chi connectivity index (χ1) is 13.1. The summed E-state index contributed by atoms with van der Waals surface area (Å²) in [6.45, 7) is 5.00. The van der Waals surface area contributed by atoms with Crippen LogP contribution in [0.25, 0.3) is 0 Å². The molecular weight excluding hydrogens is 404 g/mol. The van der Waals surface area contributed by atoms with Crippen LogP contribution in [0.4, 0.5) is 0 Å². The zero-order valence-corrected chi connectivity index (χ0v) is 18.4. The van der Waals surface area contributed by atoms with Gasteiger partial charge < -0.3 is 26.8 Å². The Morgan fingerprint density at radius 2 is 1.68 bits per heavy atom. The van der Waals surface area contributed by atoms with Crippen molar-refractivity contribution >= 4 is 48.1 Å². The summed E-state index contributed by atoms with van der Waals surface area (Å²) in [7, 11) is 0. The van der Waals surface area contributed by atoms with Gasteiger partial charge in [-0.2, -0.15) is 24.4 Å². The number of thiol groups is 1. The molecule has 0 aliphatic rings. The van der Waals surface area contributed by atoms with Crippen LogP contribution in [0.2, 0.25) is 0 Å². The molecule has 6 N–H and O–H groups in total. The summed E-state index contributed by atoms with van der Waals surface area (Å²) in [6, 6.07) is -3.71. The average molecular weight is 437 g/mol. The minimum absolute atomic E-state index is 0.133. The number of carbonyl (C=O) groups is 4. The topological polar surface area (TPSA) is 151 Å². The monoisotopic (exact) mass is 436 g/mol. The third kappa shape index (κ3) is 9.16. The third-order valence-corrected chi connectivity index (χ3v) is 5.34. The Labute approximate surface area is 175 Å². The van der Waals surface area contributed by atoms with Crippen LogP contribution in [0.15, 0.2) is 0 Å². The molecule has 0 saturated carbocycles. The van der Waals surface area contributed by atoms with Crippen LogP contribution < -0.4 is 21.7 Å². The number of nitrogens with one attached hydrogen (secondary N) is 3. The number of aliphatic carboxylic acids is 1. The van der Waals surface area contributed by atoms with Crippen molar-refractivity contribution in [1.82, 2.24) is 16.0 Å². The molecule has 0 radical (unpaired) electrons. The Morgan fingerprint density at radius 1 is 1.07 bits per heavy atom. The van der Waals surface area contributed by atoms with Crippen molar-refractivity contribution < 1.29 is 24.3 Å². The van der Waals surface area contributed by atoms with Gasteiger partial charge in [0.05, 0.1) is 6.04 Å². The molecule has 0 fully saturated rings. The molecule has 3 amide bonds. The molecule has 0 heterocycles. The van der Waals surface area contributed by atoms with E-state index in [9.17, 15) is 24.3 Å². The lowest BCUT2D eigenvalue weighted by Crippen LogP contribution is -2.57. The van der Waals surface area contributed by atoms with Crippen LogP contribution in [0.5, 0.6) is 0 Å². The Hall–Kier alpha value is -1.46. The Balaban J connectivity index is 5.00. The lowest BCUT2D eigenvalue weighted by molar-refractivity contribution is -0.143. The van der Waals surface area contributed by atoms with E-state index in [1.807, 2.05) is 13.2 Å². The number of amides is 3. The van der Waals surface area contributed by atoms with E-state index in [0.717, 1.165) is 0 Å². The van der Waals surface area contributed by atoms with E-state index in [4.69, 9.17) is 5.73 Å². The highest BCUT2D eigenvalue weighted by Gasteiger charge is 2.29. The maximum atomic E-state index is 12.5. The minimum Gasteiger partial charge on any atom is -0.480 e. The average Bonchev–Trinajstić information content (AvgIpc) is 2.66. The predicted molar refractivity (Wildman–Crippen MR) is 113 cm³/mol. The van der Waals surface area contributed by atoms with Gasteiger partial charge in [0.2, 0.25) is 17.7 Å². The number of hydrogen-bond acceptors (Lipinski definition) is 7. The highest BCUT2D eigenvalue weighted by atomic mass is 32.2. The summed E-state index contributed by atoms with van der Waals surface area (Å²) in [4.78, 5) is 48.2. The van der Waals surface area contributed by atoms with Gasteiger partial charge in [0, 0.05) is 5.75 Å². The number of thioether (sulfide) groups is 1. The van der Waals surface area contributed by atoms with Crippen molar-refractivity contribution in [2.24, 2.45) is 11.7 Å². The van der Waals surface area contributed by atoms with Crippen molar-refractivity contribution in [3.63, 3.8) is 0 Å². The first kappa shape index (κ1) is 26.5. The van der Waals surface area contributed by atoms with E-state index in [0.29, 0.717) is 18.6 Å². The summed E-state index contributed by atoms with van der Waals surface area (Å²) in [5.74, 6) is -2.29. The molecule has 5 unspecified atom stereocenters. The van der Waals surface area contributed by atoms with Gasteiger partial charge in [-0.05, 0) is 31.3 Å². The predicted octanol–water partition coefficient (Wildman–Crippen LogP) is -0.398. The van der Waals surface area contributed by atoms with Gasteiger partial charge in [-0.3, -0.25) is 14.4 Å². The van der Waals surface area contributed by atoms with Gasteiger partial charge in [-0.1, -0.05) is 20.3 Å². The van der Waals surface area contributed by atoms with Crippen LogP contribution in [0, 0.1) is 5.92 Å². The van der Waals surface area contributed by atoms with Gasteiger partial charge in [-0.15, -0.1) is 0 Å². The zero-order chi connectivity index (χ0) is 21.9. The molecule has 9 nitrogen and oxygen atoms in total. The molecule has 28 heavy (non-hydrogen) atoms. The largest absolute Gasteiger partial charge is 0.480 e. The second kappa shape index (κ2) is 13.7. The van der Waals surface area contributed by atoms with Crippen LogP contribution in [-0.2, 0) is 19.2 Å². The van der Waals surface area contributed by atoms with Crippen molar-refractivity contribution in [3.05, 3.63) is 0 Å². The smallest absolute Gasteiger partial charge is 0.326 e. The van der Waals surface area contributed by atoms with E-state index in [2.05, 4.69) is 28.6 Å². The van der Waals surface area contributed by atoms with E-state index in [-0.39, 0.29) is 11.7 Å². The summed E-state index contributed by atoms with van der Waals surface area (Å²) >= 11 is 5.47. The molecule has 0 rings (SSSR count). The molecule has 162 valence electrons. The Morgan fingerprint density at radius 3 is 2.14 bits per heavy atom. The fourth-order valence-corrected chi connectivity index (χ4v) is 2.84. The highest BCUT2D eigenvalue weighted by molar-refractivity contribution is 7.98. The first-order valence-electron chi connectivity index (χ1n) is 9.08. The van der Waals surface area contributed by atoms with Gasteiger partial charge in [0.15, 0.2) is 0 Å². The molecule has 0 aliphatic heterocycles. The number of carbonyl (C=O) groups excluding carboxylic acids is 3. The second-order valence-corrected chi connectivity index (χ2v) is 7.92. The fraction of sp³-hybridized carbons (Fsp3) is 0.765. The van der Waals surface area contributed by atoms with Gasteiger partial charge in [0.1, 0.15) is 18.1 Å². The number of rotatable bonds is 13. The molecule has 0 aromatic heterocycles. The van der Waals surface area contributed by atoms with Crippen LogP contribution in [-0.4, -0.2) is 70.7 Å². The fourth-order valence-electron chi connectivity index (χ4n) is 2.21. The summed E-state index contributed by atoms with van der Waals surface area (Å²) in [5.41, 5.74) is 5.62. The quantitative estimate of drug-likeness (QED) is 0.215. The SMILES string of the molecule is CCC(C)C(NC(=O)C(C)NC(=O)C(CCSC)NC(=O)C(N)CS)C(=O)O. The maximum absolute atomic E-state index is 12.5. The number of carboxylic acids is 1. The molecule has 5 atom stereocenters. The Kier molecular flexibility index (Phi) is 13.0. The van der Waals surface area contributed by atoms with Gasteiger partial charge >= 0.3 is 5.97 Å². The number of hydrogen-bond donors (Lipinski definition) is 6. The van der Waals surface area contributed by atoms with Crippen molar-refractivity contribution in [1.29, 1.82) is 0 Å². The standard InChI is InChI=1S/C17H32N4O5S2/c1-5-9(2)13(17(25)26)21-14(22)10(3)19-16(24)12(6-7-28-4)20-15(23)11(18)8-27/h9-13,27H,5-8,18H2,1-4H3,(H,19,24)(H,20,23)(H,21,22)(H,25,26). The van der Waals surface area contributed by atoms with Crippen LogP contribution >= 0.6 is 24.4 Å². The molecule has 0 saturated heterocycles. The molecule has 0 aliphatic carbocycles. The van der Waals surface area contributed by atoms with Crippen LogP contribution in [0.1, 0.15) is 33.6 Å². The van der Waals surface area contributed by atoms with Gasteiger partial charge in [-0.25, -0.2) is 4.79 Å².